The molecule has 0 saturated heterocycles. The highest BCUT2D eigenvalue weighted by Gasteiger charge is 2.38. The summed E-state index contributed by atoms with van der Waals surface area (Å²) >= 11 is 0. The third kappa shape index (κ3) is 3.96. The van der Waals surface area contributed by atoms with E-state index in [-0.39, 0.29) is 5.91 Å². The first-order chi connectivity index (χ1) is 14.6. The van der Waals surface area contributed by atoms with Crippen LogP contribution in [0.2, 0.25) is 0 Å². The molecule has 0 fully saturated rings. The van der Waals surface area contributed by atoms with Gasteiger partial charge in [-0.05, 0) is 74.1 Å². The van der Waals surface area contributed by atoms with Gasteiger partial charge in [0.1, 0.15) is 0 Å². The minimum absolute atomic E-state index is 0.0888. The summed E-state index contributed by atoms with van der Waals surface area (Å²) in [5, 5.41) is 6.85. The Hall–Kier alpha value is -2.75. The van der Waals surface area contributed by atoms with Crippen molar-refractivity contribution in [1.29, 1.82) is 0 Å². The molecule has 158 valence electrons. The Labute approximate surface area is 180 Å². The van der Waals surface area contributed by atoms with Gasteiger partial charge < -0.3 is 15.5 Å². The van der Waals surface area contributed by atoms with Crippen molar-refractivity contribution in [2.75, 3.05) is 28.6 Å². The van der Waals surface area contributed by atoms with Gasteiger partial charge in [0.15, 0.2) is 0 Å². The van der Waals surface area contributed by atoms with Gasteiger partial charge in [0.25, 0.3) is 0 Å². The SMILES string of the molecule is CCCC(=O)Nc1ccc2c(c1)C1C=CCC1C(c1ccc(N(CC)CC)cc1)N2. The highest BCUT2D eigenvalue weighted by Crippen LogP contribution is 2.50. The van der Waals surface area contributed by atoms with Crippen LogP contribution >= 0.6 is 0 Å². The number of nitrogens with zero attached hydrogens (tertiary/aromatic N) is 1. The van der Waals surface area contributed by atoms with Crippen molar-refractivity contribution in [1.82, 2.24) is 0 Å². The van der Waals surface area contributed by atoms with Gasteiger partial charge in [-0.25, -0.2) is 0 Å². The maximum atomic E-state index is 12.0. The predicted molar refractivity (Wildman–Crippen MR) is 126 cm³/mol. The van der Waals surface area contributed by atoms with E-state index in [1.807, 2.05) is 13.0 Å². The zero-order valence-electron chi connectivity index (χ0n) is 18.3. The molecule has 0 saturated carbocycles. The molecular weight excluding hydrogens is 370 g/mol. The third-order valence-corrected chi connectivity index (χ3v) is 6.50. The zero-order chi connectivity index (χ0) is 21.1. The molecule has 0 radical (unpaired) electrons. The van der Waals surface area contributed by atoms with Crippen molar-refractivity contribution >= 4 is 23.0 Å². The van der Waals surface area contributed by atoms with Crippen molar-refractivity contribution in [3.63, 3.8) is 0 Å². The first kappa shape index (κ1) is 20.5. The normalized spacial score (nSPS) is 21.5. The summed E-state index contributed by atoms with van der Waals surface area (Å²) in [7, 11) is 0. The van der Waals surface area contributed by atoms with Gasteiger partial charge in [-0.3, -0.25) is 4.79 Å². The molecule has 4 nitrogen and oxygen atoms in total. The molecule has 0 bridgehead atoms. The van der Waals surface area contributed by atoms with Crippen LogP contribution in [0.4, 0.5) is 17.1 Å². The molecule has 2 aromatic rings. The van der Waals surface area contributed by atoms with E-state index in [4.69, 9.17) is 0 Å². The zero-order valence-corrected chi connectivity index (χ0v) is 18.3. The number of hydrogen-bond acceptors (Lipinski definition) is 3. The van der Waals surface area contributed by atoms with Crippen molar-refractivity contribution in [3.05, 3.63) is 65.7 Å². The number of carbonyl (C=O) groups excluding carboxylic acids is 1. The first-order valence-corrected chi connectivity index (χ1v) is 11.4. The fourth-order valence-corrected chi connectivity index (χ4v) is 4.93. The molecule has 2 N–H and O–H groups in total. The molecule has 1 aliphatic carbocycles. The van der Waals surface area contributed by atoms with Crippen LogP contribution in [0.5, 0.6) is 0 Å². The van der Waals surface area contributed by atoms with Gasteiger partial charge in [-0.1, -0.05) is 31.2 Å². The fraction of sp³-hybridized carbons (Fsp3) is 0.423. The maximum Gasteiger partial charge on any atom is 0.224 e. The van der Waals surface area contributed by atoms with E-state index in [0.717, 1.165) is 31.6 Å². The van der Waals surface area contributed by atoms with Crippen molar-refractivity contribution in [2.24, 2.45) is 5.92 Å². The Morgan fingerprint density at radius 3 is 2.57 bits per heavy atom. The molecule has 30 heavy (non-hydrogen) atoms. The Bertz CT molecular complexity index is 914. The molecule has 2 aromatic carbocycles. The second kappa shape index (κ2) is 8.95. The molecule has 0 spiro atoms. The summed E-state index contributed by atoms with van der Waals surface area (Å²) in [5.41, 5.74) is 5.99. The summed E-state index contributed by atoms with van der Waals surface area (Å²) in [6.45, 7) is 8.47. The highest BCUT2D eigenvalue weighted by atomic mass is 16.1. The summed E-state index contributed by atoms with van der Waals surface area (Å²) in [6.07, 6.45) is 7.16. The lowest BCUT2D eigenvalue weighted by Gasteiger charge is -2.38. The van der Waals surface area contributed by atoms with Gasteiger partial charge in [0.05, 0.1) is 6.04 Å². The Balaban J connectivity index is 1.59. The van der Waals surface area contributed by atoms with Gasteiger partial charge >= 0.3 is 0 Å². The molecule has 3 unspecified atom stereocenters. The number of allylic oxidation sites excluding steroid dienone is 2. The highest BCUT2D eigenvalue weighted by molar-refractivity contribution is 5.91. The van der Waals surface area contributed by atoms with Crippen LogP contribution in [-0.4, -0.2) is 19.0 Å². The molecule has 2 aliphatic rings. The first-order valence-electron chi connectivity index (χ1n) is 11.4. The van der Waals surface area contributed by atoms with E-state index < -0.39 is 0 Å². The quantitative estimate of drug-likeness (QED) is 0.549. The van der Waals surface area contributed by atoms with Crippen molar-refractivity contribution in [2.45, 2.75) is 52.0 Å². The van der Waals surface area contributed by atoms with E-state index in [0.29, 0.717) is 24.3 Å². The van der Waals surface area contributed by atoms with Gasteiger partial charge in [0, 0.05) is 42.5 Å². The standard InChI is InChI=1S/C26H33N3O/c1-4-8-25(30)27-19-13-16-24-23(17-19)21-9-7-10-22(21)26(28-24)18-11-14-20(15-12-18)29(5-2)6-3/h7,9,11-17,21-22,26,28H,4-6,8,10H2,1-3H3,(H,27,30). The number of rotatable bonds is 7. The summed E-state index contributed by atoms with van der Waals surface area (Å²) in [6, 6.07) is 15.7. The van der Waals surface area contributed by atoms with E-state index >= 15 is 0 Å². The molecule has 0 aromatic heterocycles. The number of nitrogens with one attached hydrogen (secondary N) is 2. The van der Waals surface area contributed by atoms with Gasteiger partial charge in [-0.15, -0.1) is 0 Å². The lowest BCUT2D eigenvalue weighted by atomic mass is 9.77. The third-order valence-electron chi connectivity index (χ3n) is 6.50. The maximum absolute atomic E-state index is 12.0. The smallest absolute Gasteiger partial charge is 0.224 e. The van der Waals surface area contributed by atoms with Crippen LogP contribution in [-0.2, 0) is 4.79 Å². The van der Waals surface area contributed by atoms with Gasteiger partial charge in [-0.2, -0.15) is 0 Å². The second-order valence-corrected chi connectivity index (χ2v) is 8.34. The molecule has 3 atom stereocenters. The lowest BCUT2D eigenvalue weighted by Crippen LogP contribution is -2.29. The largest absolute Gasteiger partial charge is 0.378 e. The van der Waals surface area contributed by atoms with Crippen LogP contribution in [0.25, 0.3) is 0 Å². The Morgan fingerprint density at radius 1 is 1.10 bits per heavy atom. The topological polar surface area (TPSA) is 44.4 Å². The van der Waals surface area contributed by atoms with Crippen LogP contribution in [0.15, 0.2) is 54.6 Å². The predicted octanol–water partition coefficient (Wildman–Crippen LogP) is 6.10. The van der Waals surface area contributed by atoms with Crippen molar-refractivity contribution in [3.8, 4) is 0 Å². The molecule has 1 amide bonds. The molecule has 1 aliphatic heterocycles. The summed E-state index contributed by atoms with van der Waals surface area (Å²) in [4.78, 5) is 14.4. The Morgan fingerprint density at radius 2 is 1.87 bits per heavy atom. The fourth-order valence-electron chi connectivity index (χ4n) is 4.93. The van der Waals surface area contributed by atoms with Crippen molar-refractivity contribution < 1.29 is 4.79 Å². The van der Waals surface area contributed by atoms with Crippen LogP contribution < -0.4 is 15.5 Å². The monoisotopic (exact) mass is 403 g/mol. The molecular formula is C26H33N3O. The molecule has 1 heterocycles. The van der Waals surface area contributed by atoms with Crippen LogP contribution in [0.1, 0.15) is 63.1 Å². The lowest BCUT2D eigenvalue weighted by molar-refractivity contribution is -0.116. The summed E-state index contributed by atoms with van der Waals surface area (Å²) < 4.78 is 0. The summed E-state index contributed by atoms with van der Waals surface area (Å²) in [5.74, 6) is 0.973. The van der Waals surface area contributed by atoms with Crippen LogP contribution in [0.3, 0.4) is 0 Å². The second-order valence-electron chi connectivity index (χ2n) is 8.34. The van der Waals surface area contributed by atoms with E-state index in [9.17, 15) is 4.79 Å². The van der Waals surface area contributed by atoms with Gasteiger partial charge in [0.2, 0.25) is 5.91 Å². The number of fused-ring (bicyclic) bond motifs is 3. The number of amides is 1. The number of benzene rings is 2. The Kier molecular flexibility index (Phi) is 6.12. The van der Waals surface area contributed by atoms with E-state index in [1.54, 1.807) is 0 Å². The minimum Gasteiger partial charge on any atom is -0.378 e. The average molecular weight is 404 g/mol. The molecule has 4 heteroatoms. The van der Waals surface area contributed by atoms with E-state index in [2.05, 4.69) is 77.9 Å². The number of hydrogen-bond donors (Lipinski definition) is 2. The number of anilines is 3. The van der Waals surface area contributed by atoms with Crippen LogP contribution in [0, 0.1) is 5.92 Å². The average Bonchev–Trinajstić information content (AvgIpc) is 3.25. The number of carbonyl (C=O) groups is 1. The molecule has 4 rings (SSSR count). The minimum atomic E-state index is 0.0888. The van der Waals surface area contributed by atoms with E-state index in [1.165, 1.54) is 22.5 Å².